The Labute approximate surface area is 71.3 Å². The third-order valence-electron chi connectivity index (χ3n) is 1.65. The lowest BCUT2D eigenvalue weighted by Gasteiger charge is -2.00. The lowest BCUT2D eigenvalue weighted by molar-refractivity contribution is 0.414. The number of hydrogen-bond acceptors (Lipinski definition) is 3. The van der Waals surface area contributed by atoms with Gasteiger partial charge in [0.1, 0.15) is 5.75 Å². The molecule has 0 aliphatic heterocycles. The molecule has 3 nitrogen and oxygen atoms in total. The van der Waals surface area contributed by atoms with Gasteiger partial charge >= 0.3 is 0 Å². The smallest absolute Gasteiger partial charge is 0.118 e. The van der Waals surface area contributed by atoms with Gasteiger partial charge < -0.3 is 4.74 Å². The second kappa shape index (κ2) is 4.49. The van der Waals surface area contributed by atoms with Crippen molar-refractivity contribution in [1.82, 2.24) is 0 Å². The SMILES string of the molecule is COc1ccc(CCN=O)cc1. The lowest BCUT2D eigenvalue weighted by Crippen LogP contribution is -1.88. The molecule has 0 amide bonds. The van der Waals surface area contributed by atoms with Crippen molar-refractivity contribution in [1.29, 1.82) is 0 Å². The van der Waals surface area contributed by atoms with E-state index in [1.54, 1.807) is 7.11 Å². The molecular formula is C9H11NO2. The van der Waals surface area contributed by atoms with Crippen molar-refractivity contribution in [2.45, 2.75) is 6.42 Å². The molecule has 12 heavy (non-hydrogen) atoms. The molecule has 1 aromatic rings. The average Bonchev–Trinajstić information content (AvgIpc) is 2.15. The summed E-state index contributed by atoms with van der Waals surface area (Å²) >= 11 is 0. The summed E-state index contributed by atoms with van der Waals surface area (Å²) in [6.07, 6.45) is 0.702. The normalized spacial score (nSPS) is 9.42. The van der Waals surface area contributed by atoms with Crippen molar-refractivity contribution in [2.24, 2.45) is 5.18 Å². The van der Waals surface area contributed by atoms with Gasteiger partial charge in [-0.3, -0.25) is 0 Å². The van der Waals surface area contributed by atoms with Gasteiger partial charge in [0.2, 0.25) is 0 Å². The Hall–Kier alpha value is -1.38. The van der Waals surface area contributed by atoms with E-state index in [2.05, 4.69) is 5.18 Å². The van der Waals surface area contributed by atoms with Crippen LogP contribution in [0.15, 0.2) is 29.4 Å². The summed E-state index contributed by atoms with van der Waals surface area (Å²) in [5.41, 5.74) is 1.11. The van der Waals surface area contributed by atoms with E-state index in [4.69, 9.17) is 4.74 Å². The number of ether oxygens (including phenoxy) is 1. The summed E-state index contributed by atoms with van der Waals surface area (Å²) in [5, 5.41) is 2.79. The van der Waals surface area contributed by atoms with E-state index in [0.29, 0.717) is 13.0 Å². The number of benzene rings is 1. The van der Waals surface area contributed by atoms with Gasteiger partial charge in [-0.05, 0) is 24.1 Å². The standard InChI is InChI=1S/C9H11NO2/c1-12-9-4-2-8(3-5-9)6-7-10-11/h2-5H,6-7H2,1H3. The maximum atomic E-state index is 9.83. The molecule has 1 rings (SSSR count). The second-order valence-corrected chi connectivity index (χ2v) is 2.45. The zero-order valence-electron chi connectivity index (χ0n) is 6.99. The second-order valence-electron chi connectivity index (χ2n) is 2.45. The molecule has 3 heteroatoms. The Morgan fingerprint density at radius 3 is 2.50 bits per heavy atom. The van der Waals surface area contributed by atoms with Gasteiger partial charge in [-0.1, -0.05) is 17.3 Å². The molecule has 0 fully saturated rings. The molecular weight excluding hydrogens is 154 g/mol. The molecule has 0 heterocycles. The van der Waals surface area contributed by atoms with E-state index in [9.17, 15) is 4.91 Å². The van der Waals surface area contributed by atoms with Gasteiger partial charge in [0.15, 0.2) is 0 Å². The largest absolute Gasteiger partial charge is 0.497 e. The van der Waals surface area contributed by atoms with Gasteiger partial charge in [0.25, 0.3) is 0 Å². The zero-order chi connectivity index (χ0) is 8.81. The number of nitroso groups, excluding NO2 is 1. The highest BCUT2D eigenvalue weighted by atomic mass is 16.5. The number of methoxy groups -OCH3 is 1. The third-order valence-corrected chi connectivity index (χ3v) is 1.65. The van der Waals surface area contributed by atoms with Gasteiger partial charge in [0, 0.05) is 0 Å². The van der Waals surface area contributed by atoms with Gasteiger partial charge in [-0.25, -0.2) is 0 Å². The summed E-state index contributed by atoms with van der Waals surface area (Å²) in [6, 6.07) is 7.62. The van der Waals surface area contributed by atoms with Crippen LogP contribution in [-0.2, 0) is 6.42 Å². The molecule has 0 radical (unpaired) electrons. The van der Waals surface area contributed by atoms with Crippen LogP contribution in [0.4, 0.5) is 0 Å². The fourth-order valence-electron chi connectivity index (χ4n) is 0.967. The molecule has 0 spiro atoms. The molecule has 0 N–H and O–H groups in total. The minimum absolute atomic E-state index is 0.340. The van der Waals surface area contributed by atoms with Gasteiger partial charge in [-0.2, -0.15) is 4.91 Å². The Balaban J connectivity index is 2.58. The summed E-state index contributed by atoms with van der Waals surface area (Å²) in [4.78, 5) is 9.83. The highest BCUT2D eigenvalue weighted by molar-refractivity contribution is 5.27. The van der Waals surface area contributed by atoms with Crippen LogP contribution in [0.2, 0.25) is 0 Å². The van der Waals surface area contributed by atoms with Crippen LogP contribution in [0.5, 0.6) is 5.75 Å². The zero-order valence-corrected chi connectivity index (χ0v) is 6.99. The maximum absolute atomic E-state index is 9.83. The van der Waals surface area contributed by atoms with Crippen molar-refractivity contribution < 1.29 is 4.74 Å². The topological polar surface area (TPSA) is 38.7 Å². The van der Waals surface area contributed by atoms with Crippen molar-refractivity contribution in [3.63, 3.8) is 0 Å². The van der Waals surface area contributed by atoms with Crippen LogP contribution in [0.25, 0.3) is 0 Å². The van der Waals surface area contributed by atoms with Crippen LogP contribution < -0.4 is 4.74 Å². The van der Waals surface area contributed by atoms with Crippen molar-refractivity contribution >= 4 is 0 Å². The van der Waals surface area contributed by atoms with E-state index in [0.717, 1.165) is 11.3 Å². The molecule has 0 aliphatic carbocycles. The Kier molecular flexibility index (Phi) is 3.26. The first kappa shape index (κ1) is 8.71. The highest BCUT2D eigenvalue weighted by Gasteiger charge is 1.93. The van der Waals surface area contributed by atoms with E-state index >= 15 is 0 Å². The average molecular weight is 165 g/mol. The molecule has 64 valence electrons. The monoisotopic (exact) mass is 165 g/mol. The van der Waals surface area contributed by atoms with Crippen molar-refractivity contribution in [3.05, 3.63) is 34.7 Å². The van der Waals surface area contributed by atoms with E-state index in [1.807, 2.05) is 24.3 Å². The Morgan fingerprint density at radius 1 is 1.33 bits per heavy atom. The van der Waals surface area contributed by atoms with Crippen LogP contribution in [0, 0.1) is 4.91 Å². The molecule has 0 unspecified atom stereocenters. The van der Waals surface area contributed by atoms with Gasteiger partial charge in [-0.15, -0.1) is 0 Å². The molecule has 0 aromatic heterocycles. The maximum Gasteiger partial charge on any atom is 0.118 e. The first-order chi connectivity index (χ1) is 5.86. The fraction of sp³-hybridized carbons (Fsp3) is 0.333. The highest BCUT2D eigenvalue weighted by Crippen LogP contribution is 2.11. The fourth-order valence-corrected chi connectivity index (χ4v) is 0.967. The number of nitrogens with zero attached hydrogens (tertiary/aromatic N) is 1. The first-order valence-corrected chi connectivity index (χ1v) is 3.79. The summed E-state index contributed by atoms with van der Waals surface area (Å²) in [5.74, 6) is 0.831. The molecule has 0 saturated carbocycles. The number of rotatable bonds is 4. The summed E-state index contributed by atoms with van der Waals surface area (Å²) in [7, 11) is 1.63. The van der Waals surface area contributed by atoms with Crippen molar-refractivity contribution in [2.75, 3.05) is 13.7 Å². The quantitative estimate of drug-likeness (QED) is 0.640. The van der Waals surface area contributed by atoms with E-state index in [1.165, 1.54) is 0 Å². The van der Waals surface area contributed by atoms with E-state index < -0.39 is 0 Å². The van der Waals surface area contributed by atoms with Gasteiger partial charge in [0.05, 0.1) is 13.7 Å². The third kappa shape index (κ3) is 2.34. The van der Waals surface area contributed by atoms with Crippen LogP contribution in [0.3, 0.4) is 0 Å². The lowest BCUT2D eigenvalue weighted by atomic mass is 10.1. The number of hydrogen-bond donors (Lipinski definition) is 0. The Morgan fingerprint density at radius 2 is 2.00 bits per heavy atom. The first-order valence-electron chi connectivity index (χ1n) is 3.79. The predicted octanol–water partition coefficient (Wildman–Crippen LogP) is 2.00. The van der Waals surface area contributed by atoms with Crippen LogP contribution >= 0.6 is 0 Å². The molecule has 0 saturated heterocycles. The molecule has 0 aliphatic rings. The Bertz CT molecular complexity index is 243. The van der Waals surface area contributed by atoms with E-state index in [-0.39, 0.29) is 0 Å². The molecule has 0 atom stereocenters. The summed E-state index contributed by atoms with van der Waals surface area (Å²) < 4.78 is 4.99. The molecule has 0 bridgehead atoms. The molecule has 1 aromatic carbocycles. The predicted molar refractivity (Wildman–Crippen MR) is 47.4 cm³/mol. The van der Waals surface area contributed by atoms with Crippen LogP contribution in [-0.4, -0.2) is 13.7 Å². The summed E-state index contributed by atoms with van der Waals surface area (Å²) in [6.45, 7) is 0.340. The van der Waals surface area contributed by atoms with Crippen molar-refractivity contribution in [3.8, 4) is 5.75 Å². The minimum Gasteiger partial charge on any atom is -0.497 e. The van der Waals surface area contributed by atoms with Crippen LogP contribution in [0.1, 0.15) is 5.56 Å². The minimum atomic E-state index is 0.340.